The van der Waals surface area contributed by atoms with Gasteiger partial charge in [0, 0.05) is 37.9 Å². The number of aliphatic imine (C=N–C) groups is 1. The summed E-state index contributed by atoms with van der Waals surface area (Å²) in [6.07, 6.45) is 3.88. The number of aryl methyl sites for hydroxylation is 1. The predicted octanol–water partition coefficient (Wildman–Crippen LogP) is 3.89. The summed E-state index contributed by atoms with van der Waals surface area (Å²) in [7, 11) is 0. The van der Waals surface area contributed by atoms with Crippen LogP contribution >= 0.6 is 24.0 Å². The van der Waals surface area contributed by atoms with E-state index >= 15 is 0 Å². The van der Waals surface area contributed by atoms with E-state index < -0.39 is 11.6 Å². The van der Waals surface area contributed by atoms with Gasteiger partial charge in [-0.15, -0.1) is 24.0 Å². The molecule has 1 aromatic heterocycles. The normalized spacial score (nSPS) is 14.7. The largest absolute Gasteiger partial charge is 0.492 e. The molecule has 0 radical (unpaired) electrons. The smallest absolute Gasteiger partial charge is 0.191 e. The van der Waals surface area contributed by atoms with Crippen LogP contribution in [0.3, 0.4) is 0 Å². The molecule has 3 rings (SSSR count). The van der Waals surface area contributed by atoms with Gasteiger partial charge in [-0.1, -0.05) is 6.07 Å². The van der Waals surface area contributed by atoms with E-state index in [0.717, 1.165) is 61.9 Å². The zero-order valence-electron chi connectivity index (χ0n) is 17.9. The summed E-state index contributed by atoms with van der Waals surface area (Å²) >= 11 is 0. The van der Waals surface area contributed by atoms with Crippen LogP contribution in [-0.4, -0.2) is 49.8 Å². The van der Waals surface area contributed by atoms with Crippen LogP contribution in [0.15, 0.2) is 41.5 Å². The summed E-state index contributed by atoms with van der Waals surface area (Å²) in [6, 6.07) is 7.99. The lowest BCUT2D eigenvalue weighted by atomic mass is 10.1. The van der Waals surface area contributed by atoms with Gasteiger partial charge in [-0.05, 0) is 50.5 Å². The van der Waals surface area contributed by atoms with Gasteiger partial charge >= 0.3 is 0 Å². The number of nitrogens with one attached hydrogen (secondary N) is 2. The SMILES string of the molecule is CCNC(=NCCOc1ccc(F)c(F)c1)NC1CCN(c2ccc(C)cn2)CC1.I. The number of guanidine groups is 1. The van der Waals surface area contributed by atoms with Crippen LogP contribution in [-0.2, 0) is 0 Å². The van der Waals surface area contributed by atoms with Gasteiger partial charge in [-0.2, -0.15) is 0 Å². The van der Waals surface area contributed by atoms with Crippen LogP contribution in [0.2, 0.25) is 0 Å². The fourth-order valence-corrected chi connectivity index (χ4v) is 3.30. The molecule has 0 atom stereocenters. The number of halogens is 3. The highest BCUT2D eigenvalue weighted by Crippen LogP contribution is 2.18. The molecule has 0 bridgehead atoms. The standard InChI is InChI=1S/C22H29F2N5O.HI/c1-3-25-22(26-10-13-30-18-5-6-19(23)20(24)14-18)28-17-8-11-29(12-9-17)21-7-4-16(2)15-27-21;/h4-7,14-15,17H,3,8-13H2,1-2H3,(H2,25,26,28);1H. The molecule has 9 heteroatoms. The van der Waals surface area contributed by atoms with Crippen molar-refractivity contribution in [2.75, 3.05) is 37.7 Å². The number of benzene rings is 1. The average Bonchev–Trinajstić information content (AvgIpc) is 2.75. The zero-order valence-corrected chi connectivity index (χ0v) is 20.2. The Hall–Kier alpha value is -2.17. The first-order chi connectivity index (χ1) is 14.5. The number of rotatable bonds is 7. The Balaban J connectivity index is 0.00000341. The number of hydrogen-bond acceptors (Lipinski definition) is 4. The molecule has 0 spiro atoms. The molecule has 0 saturated carbocycles. The predicted molar refractivity (Wildman–Crippen MR) is 131 cm³/mol. The molecule has 1 aliphatic heterocycles. The van der Waals surface area contributed by atoms with Crippen molar-refractivity contribution in [2.45, 2.75) is 32.7 Å². The van der Waals surface area contributed by atoms with E-state index in [0.29, 0.717) is 18.3 Å². The third-order valence-corrected chi connectivity index (χ3v) is 4.92. The zero-order chi connectivity index (χ0) is 21.3. The van der Waals surface area contributed by atoms with Crippen LogP contribution in [0.1, 0.15) is 25.3 Å². The maximum absolute atomic E-state index is 13.2. The maximum atomic E-state index is 13.2. The average molecular weight is 545 g/mol. The van der Waals surface area contributed by atoms with Gasteiger partial charge in [0.2, 0.25) is 0 Å². The molecule has 1 fully saturated rings. The number of ether oxygens (including phenoxy) is 1. The van der Waals surface area contributed by atoms with Crippen molar-refractivity contribution in [1.82, 2.24) is 15.6 Å². The summed E-state index contributed by atoms with van der Waals surface area (Å²) in [5, 5.41) is 6.72. The summed E-state index contributed by atoms with van der Waals surface area (Å²) in [5.74, 6) is 0.243. The Morgan fingerprint density at radius 1 is 1.19 bits per heavy atom. The molecule has 2 N–H and O–H groups in total. The van der Waals surface area contributed by atoms with E-state index in [9.17, 15) is 8.78 Å². The van der Waals surface area contributed by atoms with E-state index in [2.05, 4.69) is 37.6 Å². The number of hydrogen-bond donors (Lipinski definition) is 2. The number of pyridine rings is 1. The van der Waals surface area contributed by atoms with E-state index in [-0.39, 0.29) is 30.6 Å². The third kappa shape index (κ3) is 7.79. The highest BCUT2D eigenvalue weighted by atomic mass is 127. The molecule has 170 valence electrons. The number of anilines is 1. The Labute approximate surface area is 199 Å². The van der Waals surface area contributed by atoms with E-state index in [1.165, 1.54) is 6.07 Å². The van der Waals surface area contributed by atoms with Crippen LogP contribution in [0, 0.1) is 18.6 Å². The molecule has 1 aliphatic rings. The molecule has 6 nitrogen and oxygen atoms in total. The number of nitrogens with zero attached hydrogens (tertiary/aromatic N) is 3. The lowest BCUT2D eigenvalue weighted by Gasteiger charge is -2.33. The van der Waals surface area contributed by atoms with Crippen LogP contribution in [0.25, 0.3) is 0 Å². The molecule has 1 aromatic carbocycles. The fourth-order valence-electron chi connectivity index (χ4n) is 3.30. The monoisotopic (exact) mass is 545 g/mol. The first-order valence-electron chi connectivity index (χ1n) is 10.4. The van der Waals surface area contributed by atoms with Gasteiger partial charge in [-0.3, -0.25) is 0 Å². The second kappa shape index (κ2) is 12.6. The van der Waals surface area contributed by atoms with Gasteiger partial charge in [0.15, 0.2) is 17.6 Å². The molecular weight excluding hydrogens is 515 g/mol. The van der Waals surface area contributed by atoms with Crippen molar-refractivity contribution in [3.8, 4) is 5.75 Å². The third-order valence-electron chi connectivity index (χ3n) is 4.92. The molecule has 2 heterocycles. The highest BCUT2D eigenvalue weighted by Gasteiger charge is 2.20. The first-order valence-corrected chi connectivity index (χ1v) is 10.4. The van der Waals surface area contributed by atoms with Crippen molar-refractivity contribution in [1.29, 1.82) is 0 Å². The minimum atomic E-state index is -0.918. The highest BCUT2D eigenvalue weighted by molar-refractivity contribution is 14.0. The van der Waals surface area contributed by atoms with Gasteiger partial charge in [0.1, 0.15) is 18.2 Å². The van der Waals surface area contributed by atoms with Crippen molar-refractivity contribution in [3.63, 3.8) is 0 Å². The number of aromatic nitrogens is 1. The van der Waals surface area contributed by atoms with E-state index in [1.54, 1.807) is 0 Å². The Morgan fingerprint density at radius 3 is 2.61 bits per heavy atom. The Bertz CT molecular complexity index is 842. The van der Waals surface area contributed by atoms with Crippen LogP contribution in [0.5, 0.6) is 5.75 Å². The van der Waals surface area contributed by atoms with E-state index in [4.69, 9.17) is 4.74 Å². The summed E-state index contributed by atoms with van der Waals surface area (Å²) in [4.78, 5) is 11.3. The van der Waals surface area contributed by atoms with E-state index in [1.807, 2.05) is 20.0 Å². The summed E-state index contributed by atoms with van der Waals surface area (Å²) in [5.41, 5.74) is 1.16. The molecular formula is C22H30F2IN5O. The van der Waals surface area contributed by atoms with Gasteiger partial charge in [-0.25, -0.2) is 18.8 Å². The van der Waals surface area contributed by atoms with Gasteiger partial charge in [0.25, 0.3) is 0 Å². The summed E-state index contributed by atoms with van der Waals surface area (Å²) in [6.45, 7) is 7.36. The van der Waals surface area contributed by atoms with Crippen LogP contribution < -0.4 is 20.3 Å². The summed E-state index contributed by atoms with van der Waals surface area (Å²) < 4.78 is 31.6. The van der Waals surface area contributed by atoms with Crippen LogP contribution in [0.4, 0.5) is 14.6 Å². The topological polar surface area (TPSA) is 61.8 Å². The molecule has 2 aromatic rings. The Morgan fingerprint density at radius 2 is 1.97 bits per heavy atom. The van der Waals surface area contributed by atoms with Gasteiger partial charge in [0.05, 0.1) is 6.54 Å². The van der Waals surface area contributed by atoms with Crippen molar-refractivity contribution in [3.05, 3.63) is 53.7 Å². The lowest BCUT2D eigenvalue weighted by molar-refractivity contribution is 0.325. The first kappa shape index (κ1) is 25.1. The fraction of sp³-hybridized carbons (Fsp3) is 0.455. The molecule has 0 aliphatic carbocycles. The molecule has 0 unspecified atom stereocenters. The molecule has 1 saturated heterocycles. The number of piperidine rings is 1. The molecule has 31 heavy (non-hydrogen) atoms. The van der Waals surface area contributed by atoms with Gasteiger partial charge < -0.3 is 20.3 Å². The Kier molecular flexibility index (Phi) is 10.2. The second-order valence-corrected chi connectivity index (χ2v) is 7.28. The minimum Gasteiger partial charge on any atom is -0.492 e. The maximum Gasteiger partial charge on any atom is 0.191 e. The lowest BCUT2D eigenvalue weighted by Crippen LogP contribution is -2.49. The second-order valence-electron chi connectivity index (χ2n) is 7.28. The minimum absolute atomic E-state index is 0. The van der Waals surface area contributed by atoms with Crippen molar-refractivity contribution < 1.29 is 13.5 Å². The van der Waals surface area contributed by atoms with Crippen molar-refractivity contribution in [2.24, 2.45) is 4.99 Å². The molecule has 0 amide bonds. The quantitative estimate of drug-likeness (QED) is 0.239. The van der Waals surface area contributed by atoms with Crippen molar-refractivity contribution >= 4 is 35.8 Å².